The van der Waals surface area contributed by atoms with Crippen molar-refractivity contribution >= 4 is 34.4 Å². The Morgan fingerprint density at radius 1 is 1.09 bits per heavy atom. The van der Waals surface area contributed by atoms with Crippen LogP contribution in [0.4, 0.5) is 5.69 Å². The zero-order valence-electron chi connectivity index (χ0n) is 12.1. The van der Waals surface area contributed by atoms with E-state index in [1.807, 2.05) is 36.4 Å². The molecule has 0 aliphatic heterocycles. The van der Waals surface area contributed by atoms with E-state index in [0.29, 0.717) is 16.6 Å². The van der Waals surface area contributed by atoms with Crippen molar-refractivity contribution in [3.63, 3.8) is 0 Å². The number of thioether (sulfide) groups is 1. The molecular formula is C17H15N3OS. The second kappa shape index (κ2) is 6.58. The van der Waals surface area contributed by atoms with Gasteiger partial charge in [0.05, 0.1) is 16.8 Å². The maximum Gasteiger partial charge on any atom is 0.257 e. The van der Waals surface area contributed by atoms with Crippen molar-refractivity contribution in [1.82, 2.24) is 9.97 Å². The Morgan fingerprint density at radius 3 is 2.77 bits per heavy atom. The molecule has 0 radical (unpaired) electrons. The molecule has 1 amide bonds. The summed E-state index contributed by atoms with van der Waals surface area (Å²) < 4.78 is 0. The number of anilines is 1. The van der Waals surface area contributed by atoms with Gasteiger partial charge in [-0.3, -0.25) is 14.8 Å². The van der Waals surface area contributed by atoms with Crippen LogP contribution in [-0.4, -0.2) is 21.6 Å². The van der Waals surface area contributed by atoms with Gasteiger partial charge in [-0.1, -0.05) is 25.1 Å². The fourth-order valence-electron chi connectivity index (χ4n) is 2.22. The molecule has 1 heterocycles. The number of fused-ring (bicyclic) bond motifs is 1. The van der Waals surface area contributed by atoms with Gasteiger partial charge in [0.25, 0.3) is 5.91 Å². The third kappa shape index (κ3) is 2.94. The van der Waals surface area contributed by atoms with Crippen LogP contribution in [0.25, 0.3) is 11.0 Å². The van der Waals surface area contributed by atoms with Crippen LogP contribution in [-0.2, 0) is 0 Å². The molecule has 22 heavy (non-hydrogen) atoms. The number of hydrogen-bond donors (Lipinski definition) is 1. The first kappa shape index (κ1) is 14.5. The van der Waals surface area contributed by atoms with E-state index in [9.17, 15) is 4.79 Å². The van der Waals surface area contributed by atoms with E-state index in [4.69, 9.17) is 0 Å². The third-order valence-corrected chi connectivity index (χ3v) is 4.13. The van der Waals surface area contributed by atoms with E-state index >= 15 is 0 Å². The van der Waals surface area contributed by atoms with Gasteiger partial charge >= 0.3 is 0 Å². The highest BCUT2D eigenvalue weighted by atomic mass is 32.2. The molecule has 0 spiro atoms. The lowest BCUT2D eigenvalue weighted by atomic mass is 10.1. The molecule has 3 rings (SSSR count). The Kier molecular flexibility index (Phi) is 4.34. The smallest absolute Gasteiger partial charge is 0.257 e. The Morgan fingerprint density at radius 2 is 1.91 bits per heavy atom. The summed E-state index contributed by atoms with van der Waals surface area (Å²) in [6, 6.07) is 13.2. The quantitative estimate of drug-likeness (QED) is 0.740. The highest BCUT2D eigenvalue weighted by Crippen LogP contribution is 2.27. The van der Waals surface area contributed by atoms with E-state index in [2.05, 4.69) is 22.2 Å². The molecular weight excluding hydrogens is 294 g/mol. The van der Waals surface area contributed by atoms with E-state index in [0.717, 1.165) is 16.3 Å². The van der Waals surface area contributed by atoms with Crippen LogP contribution in [0.1, 0.15) is 17.3 Å². The van der Waals surface area contributed by atoms with E-state index in [1.54, 1.807) is 30.2 Å². The lowest BCUT2D eigenvalue weighted by Crippen LogP contribution is -2.13. The highest BCUT2D eigenvalue weighted by Gasteiger charge is 2.13. The number of amides is 1. The van der Waals surface area contributed by atoms with E-state index < -0.39 is 0 Å². The first-order chi connectivity index (χ1) is 10.8. The molecule has 4 nitrogen and oxygen atoms in total. The minimum absolute atomic E-state index is 0.171. The predicted molar refractivity (Wildman–Crippen MR) is 90.3 cm³/mol. The average molecular weight is 309 g/mol. The zero-order chi connectivity index (χ0) is 15.4. The van der Waals surface area contributed by atoms with Crippen LogP contribution in [0.15, 0.2) is 59.8 Å². The molecule has 3 aromatic rings. The van der Waals surface area contributed by atoms with Gasteiger partial charge in [0.2, 0.25) is 0 Å². The van der Waals surface area contributed by atoms with Gasteiger partial charge in [0.1, 0.15) is 5.52 Å². The molecule has 0 aliphatic rings. The number of para-hydroxylation sites is 2. The number of rotatable bonds is 4. The number of carbonyl (C=O) groups is 1. The molecule has 5 heteroatoms. The van der Waals surface area contributed by atoms with Crippen molar-refractivity contribution in [1.29, 1.82) is 0 Å². The van der Waals surface area contributed by atoms with Crippen molar-refractivity contribution in [2.45, 2.75) is 11.8 Å². The van der Waals surface area contributed by atoms with E-state index in [1.165, 1.54) is 0 Å². The highest BCUT2D eigenvalue weighted by molar-refractivity contribution is 7.99. The molecule has 0 fully saturated rings. The lowest BCUT2D eigenvalue weighted by Gasteiger charge is -2.10. The lowest BCUT2D eigenvalue weighted by molar-refractivity contribution is 0.102. The summed E-state index contributed by atoms with van der Waals surface area (Å²) in [5.74, 6) is 0.780. The van der Waals surface area contributed by atoms with Crippen LogP contribution in [0.2, 0.25) is 0 Å². The largest absolute Gasteiger partial charge is 0.321 e. The topological polar surface area (TPSA) is 54.9 Å². The minimum atomic E-state index is -0.171. The van der Waals surface area contributed by atoms with E-state index in [-0.39, 0.29) is 5.91 Å². The fourth-order valence-corrected chi connectivity index (χ4v) is 2.98. The molecule has 0 saturated heterocycles. The Hall–Kier alpha value is -2.40. The number of nitrogens with one attached hydrogen (secondary N) is 1. The standard InChI is InChI=1S/C17H15N3OS/c1-2-22-15-9-4-3-7-13(15)20-17(21)12-6-5-8-14-16(12)19-11-10-18-14/h3-11H,2H2,1H3,(H,20,21). The van der Waals surface area contributed by atoms with Gasteiger partial charge in [0, 0.05) is 17.3 Å². The van der Waals surface area contributed by atoms with Crippen LogP contribution in [0.5, 0.6) is 0 Å². The monoisotopic (exact) mass is 309 g/mol. The summed E-state index contributed by atoms with van der Waals surface area (Å²) in [6.07, 6.45) is 3.22. The van der Waals surface area contributed by atoms with Gasteiger partial charge < -0.3 is 5.32 Å². The van der Waals surface area contributed by atoms with Crippen LogP contribution in [0.3, 0.4) is 0 Å². The molecule has 0 atom stereocenters. The molecule has 0 bridgehead atoms. The summed E-state index contributed by atoms with van der Waals surface area (Å²) in [7, 11) is 0. The Balaban J connectivity index is 1.94. The van der Waals surface area contributed by atoms with Crippen molar-refractivity contribution in [2.75, 3.05) is 11.1 Å². The predicted octanol–water partition coefficient (Wildman–Crippen LogP) is 3.99. The summed E-state index contributed by atoms with van der Waals surface area (Å²) >= 11 is 1.70. The Bertz CT molecular complexity index is 814. The second-order valence-corrected chi connectivity index (χ2v) is 5.92. The molecule has 0 aliphatic carbocycles. The third-order valence-electron chi connectivity index (χ3n) is 3.18. The number of benzene rings is 2. The second-order valence-electron chi connectivity index (χ2n) is 4.61. The zero-order valence-corrected chi connectivity index (χ0v) is 12.9. The number of nitrogens with zero attached hydrogens (tertiary/aromatic N) is 2. The Labute approximate surface area is 133 Å². The van der Waals surface area contributed by atoms with Crippen LogP contribution < -0.4 is 5.32 Å². The maximum absolute atomic E-state index is 12.6. The van der Waals surface area contributed by atoms with Crippen molar-refractivity contribution in [3.8, 4) is 0 Å². The average Bonchev–Trinajstić information content (AvgIpc) is 2.56. The van der Waals surface area contributed by atoms with Gasteiger partial charge in [-0.25, -0.2) is 0 Å². The molecule has 0 saturated carbocycles. The maximum atomic E-state index is 12.6. The summed E-state index contributed by atoms with van der Waals surface area (Å²) in [4.78, 5) is 22.2. The SMILES string of the molecule is CCSc1ccccc1NC(=O)c1cccc2nccnc12. The normalized spacial score (nSPS) is 10.6. The van der Waals surface area contributed by atoms with Crippen molar-refractivity contribution in [2.24, 2.45) is 0 Å². The number of hydrogen-bond acceptors (Lipinski definition) is 4. The summed E-state index contributed by atoms with van der Waals surface area (Å²) in [6.45, 7) is 2.09. The summed E-state index contributed by atoms with van der Waals surface area (Å²) in [5.41, 5.74) is 2.68. The first-order valence-electron chi connectivity index (χ1n) is 7.02. The molecule has 2 aromatic carbocycles. The summed E-state index contributed by atoms with van der Waals surface area (Å²) in [5, 5.41) is 2.98. The van der Waals surface area contributed by atoms with Crippen molar-refractivity contribution < 1.29 is 4.79 Å². The van der Waals surface area contributed by atoms with Gasteiger partial charge in [-0.05, 0) is 30.0 Å². The fraction of sp³-hybridized carbons (Fsp3) is 0.118. The molecule has 1 N–H and O–H groups in total. The molecule has 110 valence electrons. The first-order valence-corrected chi connectivity index (χ1v) is 8.01. The number of carbonyl (C=O) groups excluding carboxylic acids is 1. The molecule has 1 aromatic heterocycles. The minimum Gasteiger partial charge on any atom is -0.321 e. The van der Waals surface area contributed by atoms with Crippen molar-refractivity contribution in [3.05, 3.63) is 60.4 Å². The van der Waals surface area contributed by atoms with Gasteiger partial charge in [-0.15, -0.1) is 11.8 Å². The van der Waals surface area contributed by atoms with Crippen LogP contribution in [0, 0.1) is 0 Å². The van der Waals surface area contributed by atoms with Crippen LogP contribution >= 0.6 is 11.8 Å². The molecule has 0 unspecified atom stereocenters. The van der Waals surface area contributed by atoms with Gasteiger partial charge in [0.15, 0.2) is 0 Å². The van der Waals surface area contributed by atoms with Gasteiger partial charge in [-0.2, -0.15) is 0 Å². The number of aromatic nitrogens is 2.